The first kappa shape index (κ1) is 16.7. The van der Waals surface area contributed by atoms with E-state index < -0.39 is 0 Å². The van der Waals surface area contributed by atoms with E-state index in [1.54, 1.807) is 0 Å². The van der Waals surface area contributed by atoms with Gasteiger partial charge in [0.1, 0.15) is 0 Å². The van der Waals surface area contributed by atoms with Crippen LogP contribution in [-0.4, -0.2) is 29.3 Å². The van der Waals surface area contributed by atoms with Crippen LogP contribution in [0.4, 0.5) is 0 Å². The third kappa shape index (κ3) is 3.19. The Kier molecular flexibility index (Phi) is 4.19. The van der Waals surface area contributed by atoms with Gasteiger partial charge < -0.3 is 4.90 Å². The Balaban J connectivity index is 1.64. The summed E-state index contributed by atoms with van der Waals surface area (Å²) in [5.74, 6) is -0.524. The van der Waals surface area contributed by atoms with Crippen LogP contribution in [0.25, 0.3) is 6.08 Å². The van der Waals surface area contributed by atoms with Crippen molar-refractivity contribution in [3.05, 3.63) is 69.7 Å². The molecule has 0 N–H and O–H groups in total. The third-order valence-corrected chi connectivity index (χ3v) is 5.13. The van der Waals surface area contributed by atoms with Crippen molar-refractivity contribution in [3.63, 3.8) is 0 Å². The molecule has 0 bridgehead atoms. The molecule has 0 aromatic heterocycles. The lowest BCUT2D eigenvalue weighted by atomic mass is 10.0. The minimum atomic E-state index is -0.377. The Labute approximate surface area is 152 Å². The first-order valence-corrected chi connectivity index (χ1v) is 9.10. The van der Waals surface area contributed by atoms with E-state index in [1.807, 2.05) is 67.3 Å². The summed E-state index contributed by atoms with van der Waals surface area (Å²) in [6.45, 7) is 4.37. The van der Waals surface area contributed by atoms with Crippen LogP contribution in [0.15, 0.2) is 47.5 Å². The Bertz CT molecular complexity index is 1010. The lowest BCUT2D eigenvalue weighted by Gasteiger charge is -2.26. The quantitative estimate of drug-likeness (QED) is 0.852. The van der Waals surface area contributed by atoms with Crippen LogP contribution < -0.4 is 10.6 Å². The number of hydrogen-bond acceptors (Lipinski definition) is 2. The van der Waals surface area contributed by atoms with E-state index in [9.17, 15) is 9.59 Å². The van der Waals surface area contributed by atoms with Gasteiger partial charge in [-0.05, 0) is 49.6 Å². The van der Waals surface area contributed by atoms with Crippen molar-refractivity contribution in [2.45, 2.75) is 32.7 Å². The summed E-state index contributed by atoms with van der Waals surface area (Å²) >= 11 is 0. The van der Waals surface area contributed by atoms with Gasteiger partial charge in [-0.15, -0.1) is 0 Å². The number of benzene rings is 2. The monoisotopic (exact) mass is 346 g/mol. The summed E-state index contributed by atoms with van der Waals surface area (Å²) in [5, 5.41) is 1.70. The van der Waals surface area contributed by atoms with Gasteiger partial charge in [0.2, 0.25) is 0 Å². The van der Waals surface area contributed by atoms with Gasteiger partial charge in [-0.1, -0.05) is 42.0 Å². The molecule has 0 saturated heterocycles. The predicted molar refractivity (Wildman–Crippen MR) is 100 cm³/mol. The molecule has 132 valence electrons. The molecule has 1 saturated carbocycles. The van der Waals surface area contributed by atoms with Crippen LogP contribution in [0, 0.1) is 19.8 Å². The van der Waals surface area contributed by atoms with Crippen molar-refractivity contribution in [1.29, 1.82) is 0 Å². The standard InChI is InChI=1S/C22H22N2O2/c1-14-7-10-20-16(11-14)12-17(21(25)23-20)13-24(18-8-9-18)22(26)19-6-4-3-5-15(19)2/h3-7,10-12,17-18H,8-9,13H2,1-2H3. The van der Waals surface area contributed by atoms with E-state index >= 15 is 0 Å². The van der Waals surface area contributed by atoms with Gasteiger partial charge in [0, 0.05) is 18.2 Å². The van der Waals surface area contributed by atoms with Gasteiger partial charge in [0.05, 0.1) is 11.3 Å². The van der Waals surface area contributed by atoms with E-state index in [1.165, 1.54) is 0 Å². The van der Waals surface area contributed by atoms with Crippen LogP contribution in [0.1, 0.15) is 34.3 Å². The Morgan fingerprint density at radius 3 is 2.65 bits per heavy atom. The van der Waals surface area contributed by atoms with Gasteiger partial charge >= 0.3 is 0 Å². The van der Waals surface area contributed by atoms with Gasteiger partial charge in [-0.25, -0.2) is 4.99 Å². The molecular formula is C22H22N2O2. The smallest absolute Gasteiger partial charge is 0.254 e. The number of carbonyl (C=O) groups is 2. The second-order valence-corrected chi connectivity index (χ2v) is 7.29. The molecule has 4 nitrogen and oxygen atoms in total. The minimum absolute atomic E-state index is 0.0156. The van der Waals surface area contributed by atoms with E-state index in [2.05, 4.69) is 4.99 Å². The first-order valence-electron chi connectivity index (χ1n) is 9.10. The number of carbonyl (C=O) groups excluding carboxylic acids is 2. The fourth-order valence-electron chi connectivity index (χ4n) is 3.49. The minimum Gasteiger partial charge on any atom is -0.335 e. The first-order chi connectivity index (χ1) is 12.5. The van der Waals surface area contributed by atoms with E-state index in [4.69, 9.17) is 0 Å². The second kappa shape index (κ2) is 6.52. The largest absolute Gasteiger partial charge is 0.335 e. The van der Waals surface area contributed by atoms with Crippen LogP contribution in [0.5, 0.6) is 0 Å². The summed E-state index contributed by atoms with van der Waals surface area (Å²) in [6, 6.07) is 13.8. The zero-order chi connectivity index (χ0) is 18.3. The predicted octanol–water partition coefficient (Wildman–Crippen LogP) is 2.16. The van der Waals surface area contributed by atoms with Crippen molar-refractivity contribution in [1.82, 2.24) is 4.90 Å². The highest BCUT2D eigenvalue weighted by molar-refractivity contribution is 5.96. The number of amides is 2. The number of nitrogens with zero attached hydrogens (tertiary/aromatic N) is 2. The maximum atomic E-state index is 13.1. The van der Waals surface area contributed by atoms with Crippen molar-refractivity contribution < 1.29 is 9.59 Å². The molecule has 1 unspecified atom stereocenters. The molecule has 1 heterocycles. The number of aryl methyl sites for hydroxylation is 2. The molecule has 1 aliphatic carbocycles. The van der Waals surface area contributed by atoms with Crippen LogP contribution in [0.3, 0.4) is 0 Å². The highest BCUT2D eigenvalue weighted by Gasteiger charge is 2.36. The highest BCUT2D eigenvalue weighted by Crippen LogP contribution is 2.30. The molecule has 2 amide bonds. The second-order valence-electron chi connectivity index (χ2n) is 7.29. The third-order valence-electron chi connectivity index (χ3n) is 5.13. The maximum absolute atomic E-state index is 13.1. The molecule has 2 aromatic carbocycles. The normalized spacial score (nSPS) is 18.5. The molecule has 1 aliphatic heterocycles. The Hall–Kier alpha value is -2.75. The van der Waals surface area contributed by atoms with Crippen LogP contribution in [0.2, 0.25) is 0 Å². The lowest BCUT2D eigenvalue weighted by molar-refractivity contribution is -0.120. The molecule has 0 spiro atoms. The van der Waals surface area contributed by atoms with Crippen LogP contribution in [-0.2, 0) is 4.79 Å². The maximum Gasteiger partial charge on any atom is 0.254 e. The van der Waals surface area contributed by atoms with Gasteiger partial charge in [0.15, 0.2) is 0 Å². The van der Waals surface area contributed by atoms with Crippen molar-refractivity contribution in [2.75, 3.05) is 6.54 Å². The highest BCUT2D eigenvalue weighted by atomic mass is 16.2. The summed E-state index contributed by atoms with van der Waals surface area (Å²) < 4.78 is 0. The van der Waals surface area contributed by atoms with Crippen molar-refractivity contribution in [2.24, 2.45) is 10.9 Å². The average molecular weight is 346 g/mol. The lowest BCUT2D eigenvalue weighted by Crippen LogP contribution is -2.42. The van der Waals surface area contributed by atoms with E-state index in [-0.39, 0.29) is 23.8 Å². The molecule has 0 radical (unpaired) electrons. The number of fused-ring (bicyclic) bond motifs is 1. The van der Waals surface area contributed by atoms with E-state index in [0.717, 1.165) is 40.1 Å². The topological polar surface area (TPSA) is 49.7 Å². The molecule has 4 rings (SSSR count). The van der Waals surface area contributed by atoms with Crippen molar-refractivity contribution in [3.8, 4) is 0 Å². The van der Waals surface area contributed by atoms with Crippen molar-refractivity contribution >= 4 is 17.9 Å². The SMILES string of the molecule is Cc1ccc2c(c1)=CC(CN(C(=O)c1ccccc1C)C1CC1)C(=O)N=2. The molecular weight excluding hydrogens is 324 g/mol. The van der Waals surface area contributed by atoms with Crippen LogP contribution >= 0.6 is 0 Å². The van der Waals surface area contributed by atoms with Gasteiger partial charge in [0.25, 0.3) is 11.8 Å². The zero-order valence-electron chi connectivity index (χ0n) is 15.1. The fraction of sp³-hybridized carbons (Fsp3) is 0.318. The molecule has 2 aromatic rings. The summed E-state index contributed by atoms with van der Waals surface area (Å²) in [6.07, 6.45) is 3.98. The summed E-state index contributed by atoms with van der Waals surface area (Å²) in [7, 11) is 0. The Morgan fingerprint density at radius 2 is 1.92 bits per heavy atom. The van der Waals surface area contributed by atoms with E-state index in [0.29, 0.717) is 6.54 Å². The molecule has 2 aliphatic rings. The number of hydrogen-bond donors (Lipinski definition) is 0. The Morgan fingerprint density at radius 1 is 1.15 bits per heavy atom. The van der Waals surface area contributed by atoms with Gasteiger partial charge in [-0.3, -0.25) is 9.59 Å². The molecule has 26 heavy (non-hydrogen) atoms. The summed E-state index contributed by atoms with van der Waals surface area (Å²) in [4.78, 5) is 31.7. The number of rotatable bonds is 4. The molecule has 1 fully saturated rings. The fourth-order valence-corrected chi connectivity index (χ4v) is 3.49. The average Bonchev–Trinajstić information content (AvgIpc) is 3.45. The molecule has 1 atom stereocenters. The van der Waals surface area contributed by atoms with Gasteiger partial charge in [-0.2, -0.15) is 0 Å². The summed E-state index contributed by atoms with van der Waals surface area (Å²) in [5.41, 5.74) is 2.82. The molecule has 4 heteroatoms. The zero-order valence-corrected chi connectivity index (χ0v) is 15.1.